The molecule has 0 unspecified atom stereocenters. The molecule has 0 amide bonds. The van der Waals surface area contributed by atoms with Crippen molar-refractivity contribution in [2.24, 2.45) is 35.5 Å². The lowest BCUT2D eigenvalue weighted by molar-refractivity contribution is 1.00. The van der Waals surface area contributed by atoms with Crippen LogP contribution >= 0.6 is 0 Å². The molecule has 0 atom stereocenters. The largest absolute Gasteiger partial charge is 0.0968 e. The van der Waals surface area contributed by atoms with Gasteiger partial charge in [-0.1, -0.05) is 35.5 Å². The Morgan fingerprint density at radius 3 is 0.667 bits per heavy atom. The highest BCUT2D eigenvalue weighted by molar-refractivity contribution is 5.46. The molecule has 54 valence electrons. The van der Waals surface area contributed by atoms with Crippen LogP contribution in [0.1, 0.15) is 0 Å². The molecular weight excluding hydrogens is 144 g/mol. The summed E-state index contributed by atoms with van der Waals surface area (Å²) in [6.07, 6.45) is 0. The van der Waals surface area contributed by atoms with E-state index in [2.05, 4.69) is 35.5 Å². The van der Waals surface area contributed by atoms with Crippen LogP contribution in [0.25, 0.3) is 0 Å². The van der Waals surface area contributed by atoms with Gasteiger partial charge in [-0.05, 0) is 0 Å². The summed E-state index contributed by atoms with van der Waals surface area (Å²) in [6, 6.07) is 0. The van der Waals surface area contributed by atoms with Gasteiger partial charge >= 0.3 is 0 Å². The van der Waals surface area contributed by atoms with Crippen LogP contribution in [0.15, 0.2) is 0 Å². The van der Waals surface area contributed by atoms with Gasteiger partial charge in [-0.3, -0.25) is 0 Å². The van der Waals surface area contributed by atoms with Crippen molar-refractivity contribution in [1.29, 1.82) is 0 Å². The molecule has 0 aromatic rings. The predicted octanol–water partition coefficient (Wildman–Crippen LogP) is 0.748. The van der Waals surface area contributed by atoms with Crippen molar-refractivity contribution in [2.75, 3.05) is 0 Å². The third-order valence-electron chi connectivity index (χ3n) is 3.29. The molecule has 0 radical (unpaired) electrons. The van der Waals surface area contributed by atoms with Gasteiger partial charge in [0.1, 0.15) is 0 Å². The zero-order valence-electron chi connectivity index (χ0n) is 6.46. The average molecular weight is 150 g/mol. The van der Waals surface area contributed by atoms with E-state index in [9.17, 15) is 0 Å². The Kier molecular flexibility index (Phi) is 0.632. The maximum absolute atomic E-state index is 3.33. The van der Waals surface area contributed by atoms with Crippen molar-refractivity contribution in [1.82, 2.24) is 0 Å². The van der Waals surface area contributed by atoms with E-state index in [0.29, 0.717) is 35.5 Å². The molecule has 0 N–H and O–H groups in total. The van der Waals surface area contributed by atoms with Gasteiger partial charge in [0.05, 0.1) is 35.5 Å². The van der Waals surface area contributed by atoms with Crippen LogP contribution in [-0.4, -0.2) is 0 Å². The van der Waals surface area contributed by atoms with Crippen molar-refractivity contribution in [3.8, 4) is 35.5 Å². The minimum Gasteiger partial charge on any atom is -0.0968 e. The Morgan fingerprint density at radius 2 is 0.500 bits per heavy atom. The lowest BCUT2D eigenvalue weighted by Crippen LogP contribution is -1.81. The van der Waals surface area contributed by atoms with Gasteiger partial charge in [-0.2, -0.15) is 0 Å². The van der Waals surface area contributed by atoms with E-state index in [1.807, 2.05) is 0 Å². The zero-order chi connectivity index (χ0) is 7.71. The van der Waals surface area contributed by atoms with Gasteiger partial charge in [0.2, 0.25) is 0 Å². The highest BCUT2D eigenvalue weighted by Gasteiger charge is 2.54. The fourth-order valence-corrected chi connectivity index (χ4v) is 2.28. The smallest absolute Gasteiger partial charge is 0.0503 e. The fraction of sp³-hybridized carbons (Fsp3) is 0.500. The highest BCUT2D eigenvalue weighted by Crippen LogP contribution is 2.52. The van der Waals surface area contributed by atoms with Crippen LogP contribution in [0.2, 0.25) is 0 Å². The molecule has 0 aromatic heterocycles. The van der Waals surface area contributed by atoms with Crippen LogP contribution in [0, 0.1) is 71.0 Å². The summed E-state index contributed by atoms with van der Waals surface area (Å²) in [6.45, 7) is 0. The Balaban J connectivity index is 1.98. The van der Waals surface area contributed by atoms with Crippen LogP contribution in [-0.2, 0) is 0 Å². The van der Waals surface area contributed by atoms with Crippen molar-refractivity contribution in [3.63, 3.8) is 0 Å². The summed E-state index contributed by atoms with van der Waals surface area (Å²) < 4.78 is 0. The molecule has 12 heavy (non-hydrogen) atoms. The van der Waals surface area contributed by atoms with Crippen LogP contribution in [0.3, 0.4) is 0 Å². The average Bonchev–Trinajstić information content (AvgIpc) is 2.73. The van der Waals surface area contributed by atoms with Crippen molar-refractivity contribution in [2.45, 2.75) is 0 Å². The van der Waals surface area contributed by atoms with Crippen molar-refractivity contribution >= 4 is 0 Å². The Hall–Kier alpha value is -1.32. The lowest BCUT2D eigenvalue weighted by Gasteiger charge is -1.82. The summed E-state index contributed by atoms with van der Waals surface area (Å²) in [5.74, 6) is 23.0. The van der Waals surface area contributed by atoms with E-state index in [4.69, 9.17) is 0 Å². The predicted molar refractivity (Wildman–Crippen MR) is 44.3 cm³/mol. The lowest BCUT2D eigenvalue weighted by atomic mass is 10.2. The monoisotopic (exact) mass is 150 g/mol. The SMILES string of the molecule is C1#CC2C3C#CC4C1C4C#CC23. The maximum atomic E-state index is 3.33. The first-order valence-corrected chi connectivity index (χ1v) is 4.48. The summed E-state index contributed by atoms with van der Waals surface area (Å²) in [4.78, 5) is 0. The number of hydrogen-bond donors (Lipinski definition) is 0. The van der Waals surface area contributed by atoms with E-state index in [1.54, 1.807) is 0 Å². The molecule has 2 fully saturated rings. The second kappa shape index (κ2) is 1.42. The second-order valence-electron chi connectivity index (χ2n) is 4.02. The molecule has 0 heterocycles. The number of hydrogen-bond acceptors (Lipinski definition) is 0. The molecule has 5 aliphatic carbocycles. The van der Waals surface area contributed by atoms with Gasteiger partial charge in [0.15, 0.2) is 0 Å². The first-order chi connectivity index (χ1) is 5.95. The summed E-state index contributed by atoms with van der Waals surface area (Å²) in [5, 5.41) is 0. The maximum Gasteiger partial charge on any atom is 0.0503 e. The standard InChI is InChI=1S/C12H6/c1-2-8-11-5-3-9-7(1)10(9)4-6-12(8)11/h7-12H. The van der Waals surface area contributed by atoms with Gasteiger partial charge in [-0.25, -0.2) is 0 Å². The van der Waals surface area contributed by atoms with E-state index in [-0.39, 0.29) is 0 Å². The highest BCUT2D eigenvalue weighted by atomic mass is 14.5. The summed E-state index contributed by atoms with van der Waals surface area (Å²) in [7, 11) is 0. The van der Waals surface area contributed by atoms with E-state index in [1.165, 1.54) is 0 Å². The molecule has 0 aliphatic heterocycles. The molecular formula is C12H6. The molecule has 6 bridgehead atoms. The van der Waals surface area contributed by atoms with Gasteiger partial charge < -0.3 is 0 Å². The van der Waals surface area contributed by atoms with Gasteiger partial charge in [-0.15, -0.1) is 0 Å². The molecule has 0 nitrogen and oxygen atoms in total. The van der Waals surface area contributed by atoms with Crippen LogP contribution in [0.5, 0.6) is 0 Å². The molecule has 0 saturated heterocycles. The number of rotatable bonds is 0. The van der Waals surface area contributed by atoms with E-state index < -0.39 is 0 Å². The molecule has 0 heteroatoms. The Morgan fingerprint density at radius 1 is 0.333 bits per heavy atom. The van der Waals surface area contributed by atoms with E-state index >= 15 is 0 Å². The van der Waals surface area contributed by atoms with Crippen LogP contribution < -0.4 is 0 Å². The third kappa shape index (κ3) is 0.451. The minimum absolute atomic E-state index is 0.507. The molecule has 0 aromatic carbocycles. The summed E-state index contributed by atoms with van der Waals surface area (Å²) >= 11 is 0. The van der Waals surface area contributed by atoms with Gasteiger partial charge in [0.25, 0.3) is 0 Å². The first kappa shape index (κ1) is 5.35. The van der Waals surface area contributed by atoms with E-state index in [0.717, 1.165) is 0 Å². The molecule has 2 saturated carbocycles. The topological polar surface area (TPSA) is 0 Å². The molecule has 5 rings (SSSR count). The van der Waals surface area contributed by atoms with Crippen molar-refractivity contribution in [3.05, 3.63) is 0 Å². The quantitative estimate of drug-likeness (QED) is 0.447. The third-order valence-corrected chi connectivity index (χ3v) is 3.29. The fourth-order valence-electron chi connectivity index (χ4n) is 2.28. The molecule has 0 spiro atoms. The first-order valence-electron chi connectivity index (χ1n) is 4.48. The molecule has 5 aliphatic rings. The minimum atomic E-state index is 0.507. The summed E-state index contributed by atoms with van der Waals surface area (Å²) in [5.41, 5.74) is 0. The van der Waals surface area contributed by atoms with Crippen molar-refractivity contribution < 1.29 is 0 Å². The normalized spacial score (nSPS) is 58.0. The Labute approximate surface area is 71.7 Å². The Bertz CT molecular complexity index is 332. The second-order valence-corrected chi connectivity index (χ2v) is 4.02. The van der Waals surface area contributed by atoms with Gasteiger partial charge in [0, 0.05) is 0 Å². The zero-order valence-corrected chi connectivity index (χ0v) is 6.46. The van der Waals surface area contributed by atoms with Crippen LogP contribution in [0.4, 0.5) is 0 Å².